The first-order valence-electron chi connectivity index (χ1n) is 26.3. The zero-order chi connectivity index (χ0) is 48.5. The van der Waals surface area contributed by atoms with Crippen molar-refractivity contribution in [3.05, 3.63) is 85.1 Å². The molecule has 2 atom stereocenters. The van der Waals surface area contributed by atoms with Crippen molar-refractivity contribution in [3.8, 4) is 0 Å². The van der Waals surface area contributed by atoms with Crippen molar-refractivity contribution in [1.82, 2.24) is 0 Å². The van der Waals surface area contributed by atoms with Crippen LogP contribution in [-0.2, 0) is 32.7 Å². The van der Waals surface area contributed by atoms with Gasteiger partial charge in [-0.15, -0.1) is 0 Å². The highest BCUT2D eigenvalue weighted by molar-refractivity contribution is 7.45. The number of hydrogen-bond acceptors (Lipinski definition) is 8. The van der Waals surface area contributed by atoms with Crippen LogP contribution in [0.25, 0.3) is 0 Å². The Balaban J connectivity index is 4.21. The van der Waals surface area contributed by atoms with Crippen molar-refractivity contribution in [2.75, 3.05) is 47.5 Å². The molecule has 0 aliphatic rings. The number of carbonyl (C=O) groups is 2. The van der Waals surface area contributed by atoms with E-state index in [-0.39, 0.29) is 26.1 Å². The maximum Gasteiger partial charge on any atom is 0.306 e. The Morgan fingerprint density at radius 1 is 0.485 bits per heavy atom. The first-order chi connectivity index (χ1) is 32.0. The molecule has 0 heterocycles. The first-order valence-corrected chi connectivity index (χ1v) is 27.8. The van der Waals surface area contributed by atoms with Gasteiger partial charge in [0.2, 0.25) is 0 Å². The Morgan fingerprint density at radius 3 is 1.32 bits per heavy atom. The number of rotatable bonds is 47. The van der Waals surface area contributed by atoms with Crippen LogP contribution in [-0.4, -0.2) is 70.0 Å². The van der Waals surface area contributed by atoms with E-state index in [0.717, 1.165) is 77.0 Å². The molecule has 0 aromatic carbocycles. The smallest absolute Gasteiger partial charge is 0.306 e. The minimum Gasteiger partial charge on any atom is -0.756 e. The van der Waals surface area contributed by atoms with Gasteiger partial charge in [0.1, 0.15) is 19.8 Å². The third kappa shape index (κ3) is 50.6. The van der Waals surface area contributed by atoms with Crippen LogP contribution in [0.2, 0.25) is 0 Å². The molecule has 0 amide bonds. The van der Waals surface area contributed by atoms with E-state index in [9.17, 15) is 19.0 Å². The van der Waals surface area contributed by atoms with Crippen LogP contribution in [0.1, 0.15) is 206 Å². The Morgan fingerprint density at radius 2 is 0.864 bits per heavy atom. The second-order valence-corrected chi connectivity index (χ2v) is 19.9. The molecule has 0 aliphatic carbocycles. The van der Waals surface area contributed by atoms with Gasteiger partial charge < -0.3 is 27.9 Å². The molecule has 0 spiro atoms. The monoisotopic (exact) mass is 944 g/mol. The molecule has 0 saturated carbocycles. The number of likely N-dealkylation sites (N-methyl/N-ethyl adjacent to an activating group) is 1. The summed E-state index contributed by atoms with van der Waals surface area (Å²) < 4.78 is 34.0. The number of carbonyl (C=O) groups excluding carboxylic acids is 2. The number of unbranched alkanes of at least 4 members (excludes halogenated alkanes) is 19. The molecule has 0 saturated heterocycles. The topological polar surface area (TPSA) is 111 Å². The molecule has 0 aliphatic heterocycles. The van der Waals surface area contributed by atoms with Crippen LogP contribution in [0.4, 0.5) is 0 Å². The highest BCUT2D eigenvalue weighted by Gasteiger charge is 2.21. The van der Waals surface area contributed by atoms with Crippen LogP contribution < -0.4 is 4.89 Å². The normalized spacial score (nSPS) is 14.1. The number of quaternary nitrogens is 1. The second-order valence-electron chi connectivity index (χ2n) is 18.5. The minimum absolute atomic E-state index is 0.0431. The lowest BCUT2D eigenvalue weighted by molar-refractivity contribution is -0.870. The van der Waals surface area contributed by atoms with Gasteiger partial charge in [-0.1, -0.05) is 189 Å². The van der Waals surface area contributed by atoms with E-state index in [1.165, 1.54) is 96.3 Å². The fraction of sp³-hybridized carbons (Fsp3) is 0.714. The van der Waals surface area contributed by atoms with Gasteiger partial charge in [-0.25, -0.2) is 0 Å². The van der Waals surface area contributed by atoms with Crippen molar-refractivity contribution in [3.63, 3.8) is 0 Å². The van der Waals surface area contributed by atoms with Crippen LogP contribution in [0.5, 0.6) is 0 Å². The molecule has 0 N–H and O–H groups in total. The Bertz CT molecular complexity index is 1390. The highest BCUT2D eigenvalue weighted by atomic mass is 31.2. The van der Waals surface area contributed by atoms with Crippen molar-refractivity contribution in [1.29, 1.82) is 0 Å². The van der Waals surface area contributed by atoms with Gasteiger partial charge in [-0.05, 0) is 89.9 Å². The number of nitrogens with zero attached hydrogens (tertiary/aromatic N) is 1. The predicted molar refractivity (Wildman–Crippen MR) is 277 cm³/mol. The maximum absolute atomic E-state index is 12.7. The van der Waals surface area contributed by atoms with Gasteiger partial charge >= 0.3 is 11.9 Å². The van der Waals surface area contributed by atoms with E-state index in [1.54, 1.807) is 0 Å². The van der Waals surface area contributed by atoms with Crippen LogP contribution >= 0.6 is 7.82 Å². The van der Waals surface area contributed by atoms with Crippen molar-refractivity contribution in [2.24, 2.45) is 0 Å². The Hall–Kier alpha value is -2.81. The third-order valence-corrected chi connectivity index (χ3v) is 11.9. The summed E-state index contributed by atoms with van der Waals surface area (Å²) >= 11 is 0. The number of phosphoric acid groups is 1. The lowest BCUT2D eigenvalue weighted by atomic mass is 10.0. The molecule has 2 unspecified atom stereocenters. The van der Waals surface area contributed by atoms with Gasteiger partial charge in [-0.2, -0.15) is 0 Å². The molecule has 9 nitrogen and oxygen atoms in total. The summed E-state index contributed by atoms with van der Waals surface area (Å²) in [6, 6.07) is 0. The summed E-state index contributed by atoms with van der Waals surface area (Å²) in [6.07, 6.45) is 62.0. The summed E-state index contributed by atoms with van der Waals surface area (Å²) in [4.78, 5) is 37.7. The SMILES string of the molecule is CC/C=C\C/C=C\C/C=C\C/C=C\CCCCC(=O)OC(COC(=O)CCCCCCCCCCCCCC/C=C\C/C=C\C/C=C\CCCCCCC)COP(=O)([O-])OCC[N+](C)(C)C. The number of esters is 2. The van der Waals surface area contributed by atoms with Crippen LogP contribution in [0.3, 0.4) is 0 Å². The largest absolute Gasteiger partial charge is 0.756 e. The quantitative estimate of drug-likeness (QED) is 0.0195. The van der Waals surface area contributed by atoms with Gasteiger partial charge in [0.25, 0.3) is 7.82 Å². The molecule has 380 valence electrons. The van der Waals surface area contributed by atoms with Gasteiger partial charge in [-0.3, -0.25) is 14.2 Å². The minimum atomic E-state index is -4.65. The predicted octanol–water partition coefficient (Wildman–Crippen LogP) is 15.3. The lowest BCUT2D eigenvalue weighted by Crippen LogP contribution is -2.37. The summed E-state index contributed by atoms with van der Waals surface area (Å²) in [5.74, 6) is -0.888. The van der Waals surface area contributed by atoms with E-state index in [4.69, 9.17) is 18.5 Å². The molecular weight excluding hydrogens is 846 g/mol. The van der Waals surface area contributed by atoms with Crippen molar-refractivity contribution < 1.29 is 42.1 Å². The van der Waals surface area contributed by atoms with Crippen LogP contribution in [0.15, 0.2) is 85.1 Å². The van der Waals surface area contributed by atoms with Gasteiger partial charge in [0.05, 0.1) is 27.7 Å². The van der Waals surface area contributed by atoms with E-state index in [2.05, 4.69) is 98.9 Å². The molecule has 0 aromatic rings. The zero-order valence-corrected chi connectivity index (χ0v) is 43.8. The second kappa shape index (κ2) is 47.3. The average Bonchev–Trinajstić information content (AvgIpc) is 3.27. The van der Waals surface area contributed by atoms with Crippen molar-refractivity contribution in [2.45, 2.75) is 213 Å². The van der Waals surface area contributed by atoms with E-state index in [1.807, 2.05) is 21.1 Å². The highest BCUT2D eigenvalue weighted by Crippen LogP contribution is 2.38. The maximum atomic E-state index is 12.7. The molecule has 0 rings (SSSR count). The standard InChI is InChI=1S/C56H98NO8P/c1-6-8-10-12-14-16-18-20-22-23-24-25-26-27-28-29-30-31-32-33-35-36-38-40-42-44-46-48-55(58)62-52-54(53-64-66(60,61)63-51-50-57(3,4)5)65-56(59)49-47-45-43-41-39-37-34-21-19-17-15-13-11-9-7-2/h9,11,15,17-18,20-21,23-24,26-27,34,39,41,54H,6-8,10,12-14,16,19,22,25,28-33,35-38,40,42-53H2,1-5H3/b11-9-,17-15-,20-18-,24-23-,27-26-,34-21-,41-39-. The molecule has 66 heavy (non-hydrogen) atoms. The molecular formula is C56H98NO8P. The number of phosphoric ester groups is 1. The summed E-state index contributed by atoms with van der Waals surface area (Å²) in [6.45, 7) is 4.05. The fourth-order valence-corrected chi connectivity index (χ4v) is 7.56. The summed E-state index contributed by atoms with van der Waals surface area (Å²) in [5, 5.41) is 0. The molecule has 0 aromatic heterocycles. The van der Waals surface area contributed by atoms with Gasteiger partial charge in [0.15, 0.2) is 6.10 Å². The van der Waals surface area contributed by atoms with E-state index in [0.29, 0.717) is 17.4 Å². The van der Waals surface area contributed by atoms with E-state index >= 15 is 0 Å². The molecule has 0 bridgehead atoms. The molecule has 0 radical (unpaired) electrons. The van der Waals surface area contributed by atoms with E-state index < -0.39 is 32.5 Å². The summed E-state index contributed by atoms with van der Waals surface area (Å²) in [7, 11) is 1.13. The third-order valence-electron chi connectivity index (χ3n) is 10.9. The number of allylic oxidation sites excluding steroid dienone is 14. The Labute approximate surface area is 405 Å². The lowest BCUT2D eigenvalue weighted by Gasteiger charge is -2.28. The van der Waals surface area contributed by atoms with Gasteiger partial charge in [0, 0.05) is 12.8 Å². The van der Waals surface area contributed by atoms with Crippen LogP contribution in [0, 0.1) is 0 Å². The number of hydrogen-bond donors (Lipinski definition) is 0. The van der Waals surface area contributed by atoms with Crippen molar-refractivity contribution >= 4 is 19.8 Å². The average molecular weight is 944 g/mol. The number of ether oxygens (including phenoxy) is 2. The zero-order valence-electron chi connectivity index (χ0n) is 42.9. The molecule has 0 fully saturated rings. The molecule has 10 heteroatoms. The Kier molecular flexibility index (Phi) is 45.3. The first kappa shape index (κ1) is 63.2. The summed E-state index contributed by atoms with van der Waals surface area (Å²) in [5.41, 5.74) is 0. The fourth-order valence-electron chi connectivity index (χ4n) is 6.83.